The van der Waals surface area contributed by atoms with Crippen molar-refractivity contribution in [2.24, 2.45) is 0 Å². The van der Waals surface area contributed by atoms with Gasteiger partial charge >= 0.3 is 0 Å². The summed E-state index contributed by atoms with van der Waals surface area (Å²) in [4.78, 5) is 13.4. The minimum atomic E-state index is -0.649. The fourth-order valence-corrected chi connectivity index (χ4v) is 3.89. The molecule has 1 aliphatic rings. The van der Waals surface area contributed by atoms with Crippen LogP contribution in [0.5, 0.6) is 5.75 Å². The number of benzene rings is 1. The summed E-state index contributed by atoms with van der Waals surface area (Å²) in [5.41, 5.74) is 9.62. The molecule has 0 bridgehead atoms. The first kappa shape index (κ1) is 19.8. The molecule has 6 nitrogen and oxygen atoms in total. The third kappa shape index (κ3) is 3.99. The van der Waals surface area contributed by atoms with Gasteiger partial charge in [0.1, 0.15) is 11.9 Å². The van der Waals surface area contributed by atoms with Gasteiger partial charge in [-0.2, -0.15) is 0 Å². The zero-order valence-corrected chi connectivity index (χ0v) is 17.1. The van der Waals surface area contributed by atoms with E-state index in [-0.39, 0.29) is 10.8 Å². The van der Waals surface area contributed by atoms with Crippen LogP contribution in [0.2, 0.25) is 10.0 Å². The number of aromatic nitrogens is 3. The van der Waals surface area contributed by atoms with E-state index in [2.05, 4.69) is 20.3 Å². The number of ether oxygens (including phenoxy) is 1. The number of hydrogen-bond donors (Lipinski definition) is 2. The molecule has 0 fully saturated rings. The molecule has 1 aliphatic heterocycles. The highest BCUT2D eigenvalue weighted by molar-refractivity contribution is 6.36. The summed E-state index contributed by atoms with van der Waals surface area (Å²) in [7, 11) is 0. The molecule has 1 atom stereocenters. The van der Waals surface area contributed by atoms with Crippen molar-refractivity contribution in [3.05, 3.63) is 63.4 Å². The molecule has 0 unspecified atom stereocenters. The summed E-state index contributed by atoms with van der Waals surface area (Å²) in [5, 5.41) is 3.50. The normalized spacial score (nSPS) is 14.3. The fourth-order valence-electron chi connectivity index (χ4n) is 3.21. The second-order valence-electron chi connectivity index (χ2n) is 6.70. The van der Waals surface area contributed by atoms with E-state index >= 15 is 0 Å². The lowest BCUT2D eigenvalue weighted by Gasteiger charge is -2.19. The van der Waals surface area contributed by atoms with Crippen molar-refractivity contribution in [1.82, 2.24) is 20.3 Å². The summed E-state index contributed by atoms with van der Waals surface area (Å²) in [6.07, 6.45) is 3.53. The minimum Gasteiger partial charge on any atom is -0.482 e. The molecule has 0 aliphatic carbocycles. The molecule has 3 aromatic rings. The van der Waals surface area contributed by atoms with Gasteiger partial charge in [-0.15, -0.1) is 0 Å². The Balaban J connectivity index is 1.65. The number of nitrogens with one attached hydrogen (secondary N) is 1. The van der Waals surface area contributed by atoms with Gasteiger partial charge in [-0.25, -0.2) is 14.4 Å². The van der Waals surface area contributed by atoms with E-state index in [0.717, 1.165) is 24.4 Å². The number of hydrogen-bond acceptors (Lipinski definition) is 6. The average Bonchev–Trinajstić information content (AvgIpc) is 2.72. The highest BCUT2D eigenvalue weighted by Gasteiger charge is 2.20. The van der Waals surface area contributed by atoms with Crippen molar-refractivity contribution < 1.29 is 9.13 Å². The van der Waals surface area contributed by atoms with E-state index in [1.165, 1.54) is 12.1 Å². The van der Waals surface area contributed by atoms with Gasteiger partial charge in [-0.05, 0) is 25.1 Å². The van der Waals surface area contributed by atoms with Gasteiger partial charge in [-0.3, -0.25) is 4.98 Å². The number of pyridine rings is 1. The molecule has 3 N–H and O–H groups in total. The van der Waals surface area contributed by atoms with E-state index in [0.29, 0.717) is 34.1 Å². The Kier molecular flexibility index (Phi) is 5.54. The van der Waals surface area contributed by atoms with E-state index in [4.69, 9.17) is 33.7 Å². The van der Waals surface area contributed by atoms with Gasteiger partial charge in [0.15, 0.2) is 11.6 Å². The summed E-state index contributed by atoms with van der Waals surface area (Å²) in [5.74, 6) is -0.0554. The smallest absolute Gasteiger partial charge is 0.166 e. The Hall–Kier alpha value is -2.48. The van der Waals surface area contributed by atoms with E-state index < -0.39 is 11.9 Å². The highest BCUT2D eigenvalue weighted by atomic mass is 35.5. The maximum Gasteiger partial charge on any atom is 0.166 e. The lowest BCUT2D eigenvalue weighted by atomic mass is 10.1. The zero-order valence-electron chi connectivity index (χ0n) is 15.5. The van der Waals surface area contributed by atoms with Crippen LogP contribution in [0.1, 0.15) is 30.0 Å². The van der Waals surface area contributed by atoms with Gasteiger partial charge in [0.2, 0.25) is 0 Å². The second-order valence-corrected chi connectivity index (χ2v) is 7.48. The Morgan fingerprint density at radius 2 is 2.03 bits per heavy atom. The van der Waals surface area contributed by atoms with Crippen LogP contribution in [0.25, 0.3) is 11.3 Å². The fraction of sp³-hybridized carbons (Fsp3) is 0.250. The maximum absolute atomic E-state index is 13.9. The molecule has 0 amide bonds. The summed E-state index contributed by atoms with van der Waals surface area (Å²) in [6.45, 7) is 3.28. The SMILES string of the molecule is C[C@@H](Oc1cc(-c2cnc3c(n2)CNCC3)cnc1N)c1c(Cl)ccc(F)c1Cl. The van der Waals surface area contributed by atoms with Crippen molar-refractivity contribution >= 4 is 29.0 Å². The van der Waals surface area contributed by atoms with E-state index in [9.17, 15) is 4.39 Å². The number of nitrogens with zero attached hydrogens (tertiary/aromatic N) is 3. The van der Waals surface area contributed by atoms with E-state index in [1.54, 1.807) is 25.4 Å². The molecule has 9 heteroatoms. The minimum absolute atomic E-state index is 0.0826. The first-order valence-corrected chi connectivity index (χ1v) is 9.81. The van der Waals surface area contributed by atoms with Crippen LogP contribution in [0.15, 0.2) is 30.6 Å². The lowest BCUT2D eigenvalue weighted by molar-refractivity contribution is 0.227. The van der Waals surface area contributed by atoms with Crippen molar-refractivity contribution in [2.45, 2.75) is 26.0 Å². The van der Waals surface area contributed by atoms with Crippen LogP contribution >= 0.6 is 23.2 Å². The standard InChI is InChI=1S/C20H18Cl2FN5O/c1-10(18-12(21)2-3-13(23)19(18)22)29-17-6-11(7-27-20(17)24)15-9-26-14-4-5-25-8-16(14)28-15/h2-3,6-7,9-10,25H,4-5,8H2,1H3,(H2,24,27)/t10-/m1/s1. The van der Waals surface area contributed by atoms with Crippen molar-refractivity contribution in [3.8, 4) is 17.0 Å². The predicted octanol–water partition coefficient (Wildman–Crippen LogP) is 4.35. The zero-order chi connectivity index (χ0) is 20.5. The van der Waals surface area contributed by atoms with Crippen molar-refractivity contribution in [2.75, 3.05) is 12.3 Å². The van der Waals surface area contributed by atoms with Crippen molar-refractivity contribution in [1.29, 1.82) is 0 Å². The first-order valence-electron chi connectivity index (χ1n) is 9.05. The largest absolute Gasteiger partial charge is 0.482 e. The monoisotopic (exact) mass is 433 g/mol. The van der Waals surface area contributed by atoms with Crippen molar-refractivity contribution in [3.63, 3.8) is 0 Å². The molecule has 0 saturated heterocycles. The molecule has 0 radical (unpaired) electrons. The molecule has 3 heterocycles. The second kappa shape index (κ2) is 8.10. The topological polar surface area (TPSA) is 86.0 Å². The van der Waals surface area contributed by atoms with Crippen LogP contribution in [0.3, 0.4) is 0 Å². The van der Waals surface area contributed by atoms with Gasteiger partial charge < -0.3 is 15.8 Å². The highest BCUT2D eigenvalue weighted by Crippen LogP contribution is 2.36. The number of nitrogen functional groups attached to an aromatic ring is 1. The summed E-state index contributed by atoms with van der Waals surface area (Å²) >= 11 is 12.3. The quantitative estimate of drug-likeness (QED) is 0.594. The molecule has 0 spiro atoms. The molecule has 1 aromatic carbocycles. The van der Waals surface area contributed by atoms with Gasteiger partial charge in [0.25, 0.3) is 0 Å². The third-order valence-corrected chi connectivity index (χ3v) is 5.44. The number of fused-ring (bicyclic) bond motifs is 1. The Morgan fingerprint density at radius 1 is 1.21 bits per heavy atom. The summed E-state index contributed by atoms with van der Waals surface area (Å²) in [6, 6.07) is 4.38. The molecular formula is C20H18Cl2FN5O. The average molecular weight is 434 g/mol. The van der Waals surface area contributed by atoms with Crippen LogP contribution in [-0.2, 0) is 13.0 Å². The van der Waals surface area contributed by atoms with Crippen LogP contribution in [0.4, 0.5) is 10.2 Å². The third-order valence-electron chi connectivity index (χ3n) is 4.73. The van der Waals surface area contributed by atoms with Crippen LogP contribution in [0, 0.1) is 5.82 Å². The number of rotatable bonds is 4. The number of nitrogens with two attached hydrogens (primary N) is 1. The van der Waals surface area contributed by atoms with Crippen LogP contribution in [-0.4, -0.2) is 21.5 Å². The van der Waals surface area contributed by atoms with Crippen LogP contribution < -0.4 is 15.8 Å². The van der Waals surface area contributed by atoms with Gasteiger partial charge in [-0.1, -0.05) is 23.2 Å². The van der Waals surface area contributed by atoms with Gasteiger partial charge in [0.05, 0.1) is 28.3 Å². The molecule has 150 valence electrons. The first-order chi connectivity index (χ1) is 13.9. The van der Waals surface area contributed by atoms with E-state index in [1.807, 2.05) is 0 Å². The number of anilines is 1. The van der Waals surface area contributed by atoms with Gasteiger partial charge in [0, 0.05) is 41.9 Å². The maximum atomic E-state index is 13.9. The Labute approximate surface area is 177 Å². The molecule has 4 rings (SSSR count). The Bertz CT molecular complexity index is 1080. The predicted molar refractivity (Wildman–Crippen MR) is 111 cm³/mol. The molecule has 0 saturated carbocycles. The summed E-state index contributed by atoms with van der Waals surface area (Å²) < 4.78 is 19.8. The number of halogens is 3. The molecular weight excluding hydrogens is 416 g/mol. The Morgan fingerprint density at radius 3 is 2.86 bits per heavy atom. The molecule has 2 aromatic heterocycles. The molecule has 29 heavy (non-hydrogen) atoms. The lowest BCUT2D eigenvalue weighted by Crippen LogP contribution is -2.25.